The van der Waals surface area contributed by atoms with Crippen molar-refractivity contribution < 1.29 is 0 Å². The van der Waals surface area contributed by atoms with E-state index in [0.29, 0.717) is 5.56 Å². The van der Waals surface area contributed by atoms with Gasteiger partial charge in [0, 0.05) is 12.1 Å². The maximum Gasteiger partial charge on any atom is 0.176 e. The van der Waals surface area contributed by atoms with E-state index in [0.717, 1.165) is 40.1 Å². The van der Waals surface area contributed by atoms with Crippen LogP contribution in [0.1, 0.15) is 42.4 Å². The Morgan fingerprint density at radius 3 is 2.95 bits per heavy atom. The molecule has 0 saturated carbocycles. The van der Waals surface area contributed by atoms with E-state index in [9.17, 15) is 5.26 Å². The lowest BCUT2D eigenvalue weighted by molar-refractivity contribution is 0.660. The third-order valence-corrected chi connectivity index (χ3v) is 5.13. The second-order valence-electron chi connectivity index (χ2n) is 4.70. The number of hydrogen-bond acceptors (Lipinski definition) is 6. The molecule has 6 heteroatoms. The molecule has 2 aromatic heterocycles. The Morgan fingerprint density at radius 2 is 2.20 bits per heavy atom. The third-order valence-electron chi connectivity index (χ3n) is 3.34. The van der Waals surface area contributed by atoms with Gasteiger partial charge in [-0.2, -0.15) is 9.64 Å². The van der Waals surface area contributed by atoms with Gasteiger partial charge < -0.3 is 0 Å². The van der Waals surface area contributed by atoms with Crippen LogP contribution in [0.4, 0.5) is 0 Å². The fourth-order valence-corrected chi connectivity index (χ4v) is 3.96. The number of hydrogen-bond donors (Lipinski definition) is 0. The Balaban J connectivity index is 1.93. The van der Waals surface area contributed by atoms with E-state index in [1.165, 1.54) is 41.7 Å². The summed E-state index contributed by atoms with van der Waals surface area (Å²) in [5, 5.41) is 10.1. The molecule has 0 bridgehead atoms. The van der Waals surface area contributed by atoms with Crippen molar-refractivity contribution in [3.63, 3.8) is 0 Å². The van der Waals surface area contributed by atoms with Crippen LogP contribution in [0.15, 0.2) is 15.4 Å². The summed E-state index contributed by atoms with van der Waals surface area (Å²) in [5.74, 6) is 0.856. The molecule has 0 N–H and O–H groups in total. The van der Waals surface area contributed by atoms with Crippen LogP contribution in [0.25, 0.3) is 0 Å². The molecule has 0 saturated heterocycles. The molecule has 0 fully saturated rings. The zero-order valence-electron chi connectivity index (χ0n) is 11.2. The summed E-state index contributed by atoms with van der Waals surface area (Å²) in [6.45, 7) is 2.04. The van der Waals surface area contributed by atoms with E-state index < -0.39 is 0 Å². The normalized spacial score (nSPS) is 13.8. The molecule has 2 heterocycles. The van der Waals surface area contributed by atoms with Crippen molar-refractivity contribution in [3.8, 4) is 6.07 Å². The maximum absolute atomic E-state index is 9.31. The lowest BCUT2D eigenvalue weighted by Gasteiger charge is -2.15. The van der Waals surface area contributed by atoms with Crippen LogP contribution in [-0.4, -0.2) is 14.3 Å². The smallest absolute Gasteiger partial charge is 0.176 e. The van der Waals surface area contributed by atoms with Crippen molar-refractivity contribution >= 4 is 23.3 Å². The minimum Gasteiger partial charge on any atom is -0.244 e. The molecule has 0 unspecified atom stereocenters. The minimum atomic E-state index is 0.656. The SMILES string of the molecule is CCc1nsc(Sc2nc3c(cc2C#N)CCCC3)n1. The van der Waals surface area contributed by atoms with Crippen molar-refractivity contribution in [2.75, 3.05) is 0 Å². The Kier molecular flexibility index (Phi) is 3.99. The predicted octanol–water partition coefficient (Wildman–Crippen LogP) is 3.40. The molecule has 0 aliphatic heterocycles. The molecule has 20 heavy (non-hydrogen) atoms. The van der Waals surface area contributed by atoms with Crippen LogP contribution in [0.5, 0.6) is 0 Å². The highest BCUT2D eigenvalue weighted by molar-refractivity contribution is 8.00. The van der Waals surface area contributed by atoms with Crippen molar-refractivity contribution in [3.05, 3.63) is 28.7 Å². The number of pyridine rings is 1. The van der Waals surface area contributed by atoms with E-state index >= 15 is 0 Å². The number of aryl methyl sites for hydroxylation is 3. The van der Waals surface area contributed by atoms with Crippen LogP contribution >= 0.6 is 23.3 Å². The van der Waals surface area contributed by atoms with Gasteiger partial charge in [0.25, 0.3) is 0 Å². The van der Waals surface area contributed by atoms with Crippen molar-refractivity contribution in [1.29, 1.82) is 5.26 Å². The number of rotatable bonds is 3. The minimum absolute atomic E-state index is 0.656. The van der Waals surface area contributed by atoms with E-state index in [1.54, 1.807) is 0 Å². The first-order valence-corrected chi connectivity index (χ1v) is 8.32. The zero-order chi connectivity index (χ0) is 13.9. The molecule has 0 aromatic carbocycles. The molecule has 0 atom stereocenters. The number of nitrogens with zero attached hydrogens (tertiary/aromatic N) is 4. The first-order valence-electron chi connectivity index (χ1n) is 6.73. The Morgan fingerprint density at radius 1 is 1.35 bits per heavy atom. The highest BCUT2D eigenvalue weighted by Gasteiger charge is 2.17. The molecule has 4 nitrogen and oxygen atoms in total. The molecule has 1 aliphatic rings. The molecular formula is C14H14N4S2. The third kappa shape index (κ3) is 2.69. The predicted molar refractivity (Wildman–Crippen MR) is 79.0 cm³/mol. The molecule has 102 valence electrons. The second-order valence-corrected chi connectivity index (χ2v) is 6.69. The number of fused-ring (bicyclic) bond motifs is 1. The van der Waals surface area contributed by atoms with Crippen LogP contribution in [-0.2, 0) is 19.3 Å². The van der Waals surface area contributed by atoms with Crippen LogP contribution < -0.4 is 0 Å². The second kappa shape index (κ2) is 5.90. The van der Waals surface area contributed by atoms with Crippen LogP contribution in [0.2, 0.25) is 0 Å². The Bertz CT molecular complexity index is 672. The Hall–Kier alpha value is -1.45. The maximum atomic E-state index is 9.31. The molecular weight excluding hydrogens is 288 g/mol. The van der Waals surface area contributed by atoms with Gasteiger partial charge in [0.2, 0.25) is 0 Å². The zero-order valence-corrected chi connectivity index (χ0v) is 12.9. The standard InChI is InChI=1S/C14H14N4S2/c1-2-12-17-14(20-18-12)19-13-10(8-15)7-9-5-3-4-6-11(9)16-13/h7H,2-6H2,1H3. The van der Waals surface area contributed by atoms with Gasteiger partial charge in [-0.25, -0.2) is 9.97 Å². The fraction of sp³-hybridized carbons (Fsp3) is 0.429. The molecule has 2 aromatic rings. The molecule has 0 spiro atoms. The van der Waals surface area contributed by atoms with E-state index in [2.05, 4.69) is 15.4 Å². The van der Waals surface area contributed by atoms with Gasteiger partial charge in [0.15, 0.2) is 4.34 Å². The number of nitriles is 1. The molecule has 3 rings (SSSR count). The van der Waals surface area contributed by atoms with Gasteiger partial charge in [-0.15, -0.1) is 0 Å². The summed E-state index contributed by atoms with van der Waals surface area (Å²) >= 11 is 2.84. The summed E-state index contributed by atoms with van der Waals surface area (Å²) in [7, 11) is 0. The highest BCUT2D eigenvalue weighted by Crippen LogP contribution is 2.32. The van der Waals surface area contributed by atoms with Crippen molar-refractivity contribution in [2.24, 2.45) is 0 Å². The lowest BCUT2D eigenvalue weighted by Crippen LogP contribution is -2.07. The average molecular weight is 302 g/mol. The van der Waals surface area contributed by atoms with Gasteiger partial charge in [0.1, 0.15) is 16.9 Å². The highest BCUT2D eigenvalue weighted by atomic mass is 32.2. The first-order chi connectivity index (χ1) is 9.80. The van der Waals surface area contributed by atoms with Gasteiger partial charge in [0.05, 0.1) is 5.56 Å². The van der Waals surface area contributed by atoms with Crippen molar-refractivity contribution in [1.82, 2.24) is 14.3 Å². The fourth-order valence-electron chi connectivity index (χ4n) is 2.28. The average Bonchev–Trinajstić information content (AvgIpc) is 2.94. The number of aromatic nitrogens is 3. The van der Waals surface area contributed by atoms with Gasteiger partial charge in [-0.1, -0.05) is 6.92 Å². The summed E-state index contributed by atoms with van der Waals surface area (Å²) in [4.78, 5) is 9.13. The molecule has 0 amide bonds. The van der Waals surface area contributed by atoms with Crippen LogP contribution in [0, 0.1) is 11.3 Å². The van der Waals surface area contributed by atoms with Crippen molar-refractivity contribution in [2.45, 2.75) is 48.4 Å². The van der Waals surface area contributed by atoms with E-state index in [4.69, 9.17) is 4.98 Å². The quantitative estimate of drug-likeness (QED) is 0.869. The van der Waals surface area contributed by atoms with Crippen LogP contribution in [0.3, 0.4) is 0 Å². The largest absolute Gasteiger partial charge is 0.244 e. The monoisotopic (exact) mass is 302 g/mol. The van der Waals surface area contributed by atoms with Gasteiger partial charge >= 0.3 is 0 Å². The topological polar surface area (TPSA) is 62.5 Å². The molecule has 1 aliphatic carbocycles. The summed E-state index contributed by atoms with van der Waals surface area (Å²) in [6.07, 6.45) is 5.28. The van der Waals surface area contributed by atoms with Gasteiger partial charge in [-0.05, 0) is 60.6 Å². The molecule has 0 radical (unpaired) electrons. The summed E-state index contributed by atoms with van der Waals surface area (Å²) < 4.78 is 5.14. The lowest BCUT2D eigenvalue weighted by atomic mass is 9.95. The van der Waals surface area contributed by atoms with Gasteiger partial charge in [-0.3, -0.25) is 0 Å². The Labute approximate surface area is 126 Å². The summed E-state index contributed by atoms with van der Waals surface area (Å²) in [5.41, 5.74) is 3.05. The van der Waals surface area contributed by atoms with E-state index in [-0.39, 0.29) is 0 Å². The first kappa shape index (κ1) is 13.5. The van der Waals surface area contributed by atoms with E-state index in [1.807, 2.05) is 13.0 Å². The summed E-state index contributed by atoms with van der Waals surface area (Å²) in [6, 6.07) is 4.27.